The second kappa shape index (κ2) is 5.17. The van der Waals surface area contributed by atoms with Crippen LogP contribution in [0.15, 0.2) is 24.3 Å². The molecule has 94 valence electrons. The number of benzene rings is 1. The van der Waals surface area contributed by atoms with Crippen LogP contribution in [0.3, 0.4) is 0 Å². The molecule has 0 aliphatic rings. The molecule has 2 N–H and O–H groups in total. The predicted molar refractivity (Wildman–Crippen MR) is 75.4 cm³/mol. The molecule has 0 unspecified atom stereocenters. The Hall–Kier alpha value is -1.90. The minimum absolute atomic E-state index is 0.580. The van der Waals surface area contributed by atoms with Gasteiger partial charge in [0.2, 0.25) is 0 Å². The van der Waals surface area contributed by atoms with Gasteiger partial charge in [-0.3, -0.25) is 0 Å². The monoisotopic (exact) mass is 241 g/mol. The molecule has 0 amide bonds. The molecule has 1 aromatic heterocycles. The summed E-state index contributed by atoms with van der Waals surface area (Å²) >= 11 is 0. The zero-order valence-electron chi connectivity index (χ0n) is 11.2. The summed E-state index contributed by atoms with van der Waals surface area (Å²) in [7, 11) is 0. The van der Waals surface area contributed by atoms with Crippen LogP contribution in [0.5, 0.6) is 0 Å². The third-order valence-corrected chi connectivity index (χ3v) is 3.18. The molecule has 0 atom stereocenters. The van der Waals surface area contributed by atoms with Crippen LogP contribution in [0.1, 0.15) is 30.8 Å². The average molecular weight is 241 g/mol. The van der Waals surface area contributed by atoms with E-state index >= 15 is 0 Å². The van der Waals surface area contributed by atoms with Gasteiger partial charge in [-0.1, -0.05) is 38.1 Å². The lowest BCUT2D eigenvalue weighted by Crippen LogP contribution is -2.04. The fourth-order valence-corrected chi connectivity index (χ4v) is 1.92. The lowest BCUT2D eigenvalue weighted by molar-refractivity contribution is 0.940. The van der Waals surface area contributed by atoms with Gasteiger partial charge in [0.1, 0.15) is 11.6 Å². The fourth-order valence-electron chi connectivity index (χ4n) is 1.92. The number of hydrogen-bond donors (Lipinski definition) is 1. The first-order valence-corrected chi connectivity index (χ1v) is 6.38. The van der Waals surface area contributed by atoms with Gasteiger partial charge in [-0.25, -0.2) is 9.97 Å². The summed E-state index contributed by atoms with van der Waals surface area (Å²) in [5, 5.41) is 0. The van der Waals surface area contributed by atoms with Gasteiger partial charge in [-0.2, -0.15) is 0 Å². The minimum atomic E-state index is 0.580. The van der Waals surface area contributed by atoms with Crippen LogP contribution < -0.4 is 5.73 Å². The zero-order valence-corrected chi connectivity index (χ0v) is 11.2. The van der Waals surface area contributed by atoms with Crippen LogP contribution in [0, 0.1) is 6.92 Å². The topological polar surface area (TPSA) is 51.8 Å². The Bertz CT molecular complexity index is 544. The van der Waals surface area contributed by atoms with Crippen molar-refractivity contribution in [3.05, 3.63) is 41.2 Å². The van der Waals surface area contributed by atoms with Gasteiger partial charge in [0.25, 0.3) is 0 Å². The van der Waals surface area contributed by atoms with E-state index in [0.717, 1.165) is 35.5 Å². The number of hydrogen-bond acceptors (Lipinski definition) is 3. The van der Waals surface area contributed by atoms with Crippen LogP contribution in [-0.2, 0) is 12.8 Å². The Morgan fingerprint density at radius 1 is 1.00 bits per heavy atom. The Labute approximate surface area is 108 Å². The number of rotatable bonds is 3. The molecule has 0 saturated carbocycles. The van der Waals surface area contributed by atoms with Crippen molar-refractivity contribution < 1.29 is 0 Å². The summed E-state index contributed by atoms with van der Waals surface area (Å²) in [6.45, 7) is 6.16. The van der Waals surface area contributed by atoms with Crippen LogP contribution >= 0.6 is 0 Å². The fraction of sp³-hybridized carbons (Fsp3) is 0.333. The van der Waals surface area contributed by atoms with Crippen LogP contribution in [-0.4, -0.2) is 9.97 Å². The maximum absolute atomic E-state index is 5.94. The summed E-state index contributed by atoms with van der Waals surface area (Å²) in [5.74, 6) is 1.38. The smallest absolute Gasteiger partial charge is 0.131 e. The third-order valence-electron chi connectivity index (χ3n) is 3.18. The summed E-state index contributed by atoms with van der Waals surface area (Å²) in [5.41, 5.74) is 10.3. The highest BCUT2D eigenvalue weighted by molar-refractivity contribution is 5.67. The summed E-state index contributed by atoms with van der Waals surface area (Å²) in [4.78, 5) is 8.86. The van der Waals surface area contributed by atoms with Crippen molar-refractivity contribution in [2.45, 2.75) is 33.6 Å². The molecule has 0 fully saturated rings. The molecule has 0 aliphatic heterocycles. The van der Waals surface area contributed by atoms with Crippen molar-refractivity contribution in [1.82, 2.24) is 9.97 Å². The van der Waals surface area contributed by atoms with Crippen molar-refractivity contribution in [2.75, 3.05) is 5.73 Å². The van der Waals surface area contributed by atoms with E-state index in [4.69, 9.17) is 5.73 Å². The molecule has 0 aliphatic carbocycles. The lowest BCUT2D eigenvalue weighted by Gasteiger charge is -2.10. The molecule has 2 rings (SSSR count). The van der Waals surface area contributed by atoms with E-state index in [-0.39, 0.29) is 0 Å². The van der Waals surface area contributed by atoms with Crippen molar-refractivity contribution in [2.24, 2.45) is 0 Å². The number of nitrogen functional groups attached to an aromatic ring is 1. The Morgan fingerprint density at radius 3 is 2.22 bits per heavy atom. The quantitative estimate of drug-likeness (QED) is 0.898. The van der Waals surface area contributed by atoms with E-state index in [1.807, 2.05) is 13.8 Å². The molecular formula is C15H19N3. The summed E-state index contributed by atoms with van der Waals surface area (Å²) in [6, 6.07) is 8.48. The minimum Gasteiger partial charge on any atom is -0.383 e. The molecule has 18 heavy (non-hydrogen) atoms. The normalized spacial score (nSPS) is 10.6. The molecular weight excluding hydrogens is 222 g/mol. The zero-order chi connectivity index (χ0) is 13.1. The van der Waals surface area contributed by atoms with E-state index in [1.54, 1.807) is 0 Å². The van der Waals surface area contributed by atoms with Crippen molar-refractivity contribution in [3.8, 4) is 11.3 Å². The number of nitrogens with zero attached hydrogens (tertiary/aromatic N) is 2. The number of aromatic nitrogens is 2. The summed E-state index contributed by atoms with van der Waals surface area (Å²) in [6.07, 6.45) is 1.84. The van der Waals surface area contributed by atoms with Crippen LogP contribution in [0.25, 0.3) is 11.3 Å². The Morgan fingerprint density at radius 2 is 1.67 bits per heavy atom. The lowest BCUT2D eigenvalue weighted by atomic mass is 10.0. The largest absolute Gasteiger partial charge is 0.383 e. The van der Waals surface area contributed by atoms with E-state index in [9.17, 15) is 0 Å². The second-order valence-corrected chi connectivity index (χ2v) is 4.40. The molecule has 3 heteroatoms. The average Bonchev–Trinajstić information content (AvgIpc) is 2.42. The van der Waals surface area contributed by atoms with Crippen molar-refractivity contribution in [1.29, 1.82) is 0 Å². The van der Waals surface area contributed by atoms with Gasteiger partial charge in [0.15, 0.2) is 0 Å². The Balaban J connectivity index is 2.51. The molecule has 3 nitrogen and oxygen atoms in total. The van der Waals surface area contributed by atoms with E-state index in [2.05, 4.69) is 41.2 Å². The molecule has 1 aromatic carbocycles. The maximum atomic E-state index is 5.94. The highest BCUT2D eigenvalue weighted by Crippen LogP contribution is 2.24. The SMILES string of the molecule is CCc1ccc(-c2nc(CC)nc(N)c2C)cc1. The van der Waals surface area contributed by atoms with Gasteiger partial charge in [0.05, 0.1) is 5.69 Å². The molecule has 0 radical (unpaired) electrons. The van der Waals surface area contributed by atoms with Crippen LogP contribution in [0.4, 0.5) is 5.82 Å². The van der Waals surface area contributed by atoms with Gasteiger partial charge >= 0.3 is 0 Å². The molecule has 0 spiro atoms. The first-order valence-electron chi connectivity index (χ1n) is 6.38. The standard InChI is InChI=1S/C15H19N3/c1-4-11-6-8-12(9-7-11)14-10(3)15(16)18-13(5-2)17-14/h6-9H,4-5H2,1-3H3,(H2,16,17,18). The van der Waals surface area contributed by atoms with Gasteiger partial charge in [-0.05, 0) is 18.9 Å². The first-order chi connectivity index (χ1) is 8.65. The van der Waals surface area contributed by atoms with E-state index in [1.165, 1.54) is 5.56 Å². The van der Waals surface area contributed by atoms with Crippen LogP contribution in [0.2, 0.25) is 0 Å². The van der Waals surface area contributed by atoms with E-state index in [0.29, 0.717) is 5.82 Å². The summed E-state index contributed by atoms with van der Waals surface area (Å²) < 4.78 is 0. The first kappa shape index (κ1) is 12.6. The second-order valence-electron chi connectivity index (χ2n) is 4.40. The molecule has 2 aromatic rings. The number of nitrogens with two attached hydrogens (primary N) is 1. The highest BCUT2D eigenvalue weighted by Gasteiger charge is 2.09. The maximum Gasteiger partial charge on any atom is 0.131 e. The van der Waals surface area contributed by atoms with E-state index < -0.39 is 0 Å². The predicted octanol–water partition coefficient (Wildman–Crippen LogP) is 3.16. The van der Waals surface area contributed by atoms with Gasteiger partial charge in [-0.15, -0.1) is 0 Å². The highest BCUT2D eigenvalue weighted by atomic mass is 14.9. The van der Waals surface area contributed by atoms with Crippen molar-refractivity contribution >= 4 is 5.82 Å². The molecule has 1 heterocycles. The van der Waals surface area contributed by atoms with Gasteiger partial charge < -0.3 is 5.73 Å². The Kier molecular flexibility index (Phi) is 3.60. The number of anilines is 1. The molecule has 0 saturated heterocycles. The molecule has 0 bridgehead atoms. The van der Waals surface area contributed by atoms with Crippen molar-refractivity contribution in [3.63, 3.8) is 0 Å². The van der Waals surface area contributed by atoms with Gasteiger partial charge in [0, 0.05) is 17.5 Å². The number of aryl methyl sites for hydroxylation is 2. The third kappa shape index (κ3) is 2.35.